The van der Waals surface area contributed by atoms with E-state index >= 15 is 0 Å². The van der Waals surface area contributed by atoms with Crippen molar-refractivity contribution in [1.82, 2.24) is 24.6 Å². The number of carbonyl (C=O) groups excluding carboxylic acids is 1. The van der Waals surface area contributed by atoms with Crippen LogP contribution in [0.2, 0.25) is 5.02 Å². The number of fused-ring (bicyclic) bond motifs is 1. The fourth-order valence-electron chi connectivity index (χ4n) is 4.34. The van der Waals surface area contributed by atoms with Gasteiger partial charge in [0.15, 0.2) is 11.4 Å². The minimum atomic E-state index is 0.00344. The zero-order valence-corrected chi connectivity index (χ0v) is 18.8. The van der Waals surface area contributed by atoms with E-state index in [-0.39, 0.29) is 5.91 Å². The number of rotatable bonds is 4. The lowest BCUT2D eigenvalue weighted by atomic mass is 10.1. The van der Waals surface area contributed by atoms with Gasteiger partial charge in [-0.1, -0.05) is 23.7 Å². The summed E-state index contributed by atoms with van der Waals surface area (Å²) in [6, 6.07) is 13.4. The van der Waals surface area contributed by atoms with Crippen molar-refractivity contribution in [3.63, 3.8) is 0 Å². The van der Waals surface area contributed by atoms with Gasteiger partial charge < -0.3 is 9.32 Å². The number of benzene rings is 1. The number of piperazine rings is 1. The fraction of sp³-hybridized carbons (Fsp3) is 0.292. The molecule has 5 rings (SSSR count). The van der Waals surface area contributed by atoms with Crippen molar-refractivity contribution in [3.8, 4) is 11.5 Å². The zero-order chi connectivity index (χ0) is 22.2. The van der Waals surface area contributed by atoms with Gasteiger partial charge in [-0.2, -0.15) is 5.10 Å². The fourth-order valence-corrected chi connectivity index (χ4v) is 4.55. The van der Waals surface area contributed by atoms with Gasteiger partial charge in [0.2, 0.25) is 0 Å². The van der Waals surface area contributed by atoms with Crippen LogP contribution in [0.4, 0.5) is 0 Å². The predicted molar refractivity (Wildman–Crippen MR) is 124 cm³/mol. The Morgan fingerprint density at radius 1 is 1.12 bits per heavy atom. The third-order valence-electron chi connectivity index (χ3n) is 5.93. The van der Waals surface area contributed by atoms with E-state index in [1.807, 2.05) is 55.3 Å². The smallest absolute Gasteiger partial charge is 0.254 e. The number of aryl methyl sites for hydroxylation is 2. The first-order valence-corrected chi connectivity index (χ1v) is 11.0. The molecule has 1 fully saturated rings. The van der Waals surface area contributed by atoms with E-state index < -0.39 is 0 Å². The average molecular weight is 450 g/mol. The van der Waals surface area contributed by atoms with Crippen LogP contribution in [0, 0.1) is 6.92 Å². The zero-order valence-electron chi connectivity index (χ0n) is 18.1. The Bertz CT molecular complexity index is 1270. The van der Waals surface area contributed by atoms with E-state index in [0.717, 1.165) is 35.7 Å². The molecule has 32 heavy (non-hydrogen) atoms. The highest BCUT2D eigenvalue weighted by Gasteiger charge is 2.26. The van der Waals surface area contributed by atoms with Gasteiger partial charge >= 0.3 is 0 Å². The number of furan rings is 1. The molecule has 0 saturated carbocycles. The summed E-state index contributed by atoms with van der Waals surface area (Å²) in [5.41, 5.74) is 3.91. The minimum absolute atomic E-state index is 0.00344. The average Bonchev–Trinajstić information content (AvgIpc) is 3.42. The topological polar surface area (TPSA) is 67.4 Å². The van der Waals surface area contributed by atoms with E-state index in [9.17, 15) is 4.79 Å². The van der Waals surface area contributed by atoms with Crippen molar-refractivity contribution in [2.45, 2.75) is 13.5 Å². The van der Waals surface area contributed by atoms with Gasteiger partial charge in [-0.25, -0.2) is 4.98 Å². The Hall–Kier alpha value is -3.16. The maximum Gasteiger partial charge on any atom is 0.254 e. The lowest BCUT2D eigenvalue weighted by Crippen LogP contribution is -2.48. The van der Waals surface area contributed by atoms with Crippen LogP contribution in [0.3, 0.4) is 0 Å². The van der Waals surface area contributed by atoms with E-state index in [1.54, 1.807) is 10.9 Å². The highest BCUT2D eigenvalue weighted by Crippen LogP contribution is 2.28. The molecule has 3 aromatic heterocycles. The summed E-state index contributed by atoms with van der Waals surface area (Å²) >= 11 is 6.12. The molecule has 0 unspecified atom stereocenters. The number of hydrogen-bond donors (Lipinski definition) is 0. The van der Waals surface area contributed by atoms with Crippen molar-refractivity contribution in [2.75, 3.05) is 26.2 Å². The maximum atomic E-state index is 13.6. The van der Waals surface area contributed by atoms with Gasteiger partial charge in [0.05, 0.1) is 22.9 Å². The number of halogens is 1. The molecular weight excluding hydrogens is 426 g/mol. The highest BCUT2D eigenvalue weighted by atomic mass is 35.5. The largest absolute Gasteiger partial charge is 0.463 e. The Morgan fingerprint density at radius 2 is 1.94 bits per heavy atom. The molecule has 0 N–H and O–H groups in total. The summed E-state index contributed by atoms with van der Waals surface area (Å²) in [6.07, 6.45) is 1.61. The summed E-state index contributed by atoms with van der Waals surface area (Å²) in [7, 11) is 1.84. The van der Waals surface area contributed by atoms with Crippen molar-refractivity contribution in [2.24, 2.45) is 7.05 Å². The molecule has 0 spiro atoms. The number of amides is 1. The van der Waals surface area contributed by atoms with E-state index in [1.165, 1.54) is 5.56 Å². The Balaban J connectivity index is 1.39. The molecule has 0 radical (unpaired) electrons. The molecule has 4 heterocycles. The third kappa shape index (κ3) is 3.89. The first-order chi connectivity index (χ1) is 15.5. The second kappa shape index (κ2) is 8.41. The molecule has 1 saturated heterocycles. The van der Waals surface area contributed by atoms with Crippen LogP contribution in [-0.4, -0.2) is 56.7 Å². The molecule has 164 valence electrons. The molecule has 7 nitrogen and oxygen atoms in total. The van der Waals surface area contributed by atoms with Crippen LogP contribution in [0.5, 0.6) is 0 Å². The molecule has 4 aromatic rings. The van der Waals surface area contributed by atoms with Crippen LogP contribution in [0.1, 0.15) is 21.6 Å². The standard InChI is InChI=1S/C24H24ClN5O2/c1-16-22-19(14-20(21-7-4-12-32-21)26-23(22)28(2)27-16)24(31)30-10-8-29(9-11-30)15-17-5-3-6-18(25)13-17/h3-7,12-14H,8-11,15H2,1-2H3. The van der Waals surface area contributed by atoms with Gasteiger partial charge in [-0.05, 0) is 42.8 Å². The lowest BCUT2D eigenvalue weighted by molar-refractivity contribution is 0.0630. The van der Waals surface area contributed by atoms with Crippen molar-refractivity contribution < 1.29 is 9.21 Å². The van der Waals surface area contributed by atoms with Gasteiger partial charge in [-0.15, -0.1) is 0 Å². The monoisotopic (exact) mass is 449 g/mol. The van der Waals surface area contributed by atoms with Gasteiger partial charge in [-0.3, -0.25) is 14.4 Å². The van der Waals surface area contributed by atoms with Gasteiger partial charge in [0, 0.05) is 44.8 Å². The Morgan fingerprint density at radius 3 is 2.66 bits per heavy atom. The van der Waals surface area contributed by atoms with Crippen LogP contribution >= 0.6 is 11.6 Å². The predicted octanol–water partition coefficient (Wildman–Crippen LogP) is 4.15. The molecule has 0 aliphatic carbocycles. The minimum Gasteiger partial charge on any atom is -0.463 e. The van der Waals surface area contributed by atoms with Crippen LogP contribution in [0.25, 0.3) is 22.5 Å². The molecule has 8 heteroatoms. The van der Waals surface area contributed by atoms with Crippen molar-refractivity contribution in [1.29, 1.82) is 0 Å². The van der Waals surface area contributed by atoms with Gasteiger partial charge in [0.25, 0.3) is 5.91 Å². The Labute approximate surface area is 191 Å². The van der Waals surface area contributed by atoms with Crippen LogP contribution < -0.4 is 0 Å². The van der Waals surface area contributed by atoms with Crippen molar-refractivity contribution in [3.05, 3.63) is 70.6 Å². The number of carbonyl (C=O) groups is 1. The van der Waals surface area contributed by atoms with Crippen LogP contribution in [-0.2, 0) is 13.6 Å². The van der Waals surface area contributed by atoms with E-state index in [0.29, 0.717) is 35.8 Å². The molecule has 1 aromatic carbocycles. The number of pyridine rings is 1. The molecule has 0 atom stereocenters. The van der Waals surface area contributed by atoms with Crippen LogP contribution in [0.15, 0.2) is 53.1 Å². The number of hydrogen-bond acceptors (Lipinski definition) is 5. The summed E-state index contributed by atoms with van der Waals surface area (Å²) in [6.45, 7) is 5.69. The summed E-state index contributed by atoms with van der Waals surface area (Å²) in [5.74, 6) is 0.634. The molecule has 1 aliphatic heterocycles. The second-order valence-electron chi connectivity index (χ2n) is 8.14. The molecule has 1 aliphatic rings. The number of aromatic nitrogens is 3. The van der Waals surface area contributed by atoms with E-state index in [4.69, 9.17) is 21.0 Å². The number of nitrogens with zero attached hydrogens (tertiary/aromatic N) is 5. The quantitative estimate of drug-likeness (QED) is 0.468. The first-order valence-electron chi connectivity index (χ1n) is 10.6. The molecule has 1 amide bonds. The van der Waals surface area contributed by atoms with E-state index in [2.05, 4.69) is 16.1 Å². The molecular formula is C24H24ClN5O2. The molecule has 0 bridgehead atoms. The first kappa shape index (κ1) is 20.7. The summed E-state index contributed by atoms with van der Waals surface area (Å²) < 4.78 is 7.26. The third-order valence-corrected chi connectivity index (χ3v) is 6.16. The van der Waals surface area contributed by atoms with Crippen molar-refractivity contribution >= 4 is 28.5 Å². The lowest BCUT2D eigenvalue weighted by Gasteiger charge is -2.35. The normalized spacial score (nSPS) is 14.9. The Kier molecular flexibility index (Phi) is 5.45. The highest BCUT2D eigenvalue weighted by molar-refractivity contribution is 6.30. The SMILES string of the molecule is Cc1nn(C)c2nc(-c3ccco3)cc(C(=O)N3CCN(Cc4cccc(Cl)c4)CC3)c12. The van der Waals surface area contributed by atoms with Gasteiger partial charge in [0.1, 0.15) is 5.69 Å². The second-order valence-corrected chi connectivity index (χ2v) is 8.57. The summed E-state index contributed by atoms with van der Waals surface area (Å²) in [5, 5.41) is 6.05. The maximum absolute atomic E-state index is 13.6. The summed E-state index contributed by atoms with van der Waals surface area (Å²) in [4.78, 5) is 22.6.